The molecule has 7 atom stereocenters. The van der Waals surface area contributed by atoms with Gasteiger partial charge >= 0.3 is 0 Å². The molecule has 4 aliphatic carbocycles. The predicted molar refractivity (Wildman–Crippen MR) is 129 cm³/mol. The molecule has 1 aromatic rings. The molecule has 5 rings (SSSR count). The molecule has 1 aromatic carbocycles. The zero-order valence-electron chi connectivity index (χ0n) is 20.0. The van der Waals surface area contributed by atoms with Crippen molar-refractivity contribution in [1.82, 2.24) is 0 Å². The van der Waals surface area contributed by atoms with E-state index in [2.05, 4.69) is 18.8 Å². The number of nitrogens with zero attached hydrogens (tertiary/aromatic N) is 2. The van der Waals surface area contributed by atoms with Crippen LogP contribution in [0.2, 0.25) is 0 Å². The summed E-state index contributed by atoms with van der Waals surface area (Å²) in [4.78, 5) is 15.1. The van der Waals surface area contributed by atoms with E-state index in [0.717, 1.165) is 31.1 Å². The van der Waals surface area contributed by atoms with E-state index in [4.69, 9.17) is 0 Å². The highest BCUT2D eigenvalue weighted by atomic mass is 16.6. The number of fused-ring (bicyclic) bond motifs is 5. The second-order valence-electron chi connectivity index (χ2n) is 11.9. The number of rotatable bonds is 4. The molecule has 0 amide bonds. The third-order valence-corrected chi connectivity index (χ3v) is 10.7. The van der Waals surface area contributed by atoms with E-state index in [1.807, 2.05) is 0 Å². The molecule has 0 heterocycles. The molecule has 0 aliphatic heterocycles. The zero-order chi connectivity index (χ0) is 23.4. The maximum absolute atomic E-state index is 11.8. The van der Waals surface area contributed by atoms with Gasteiger partial charge < -0.3 is 10.2 Å². The molecule has 180 valence electrons. The number of hydrogen-bond acceptors (Lipinski definition) is 5. The van der Waals surface area contributed by atoms with E-state index < -0.39 is 10.5 Å². The van der Waals surface area contributed by atoms with Gasteiger partial charge in [0.1, 0.15) is 5.75 Å². The molecular formula is C27H38N2O4. The van der Waals surface area contributed by atoms with E-state index in [9.17, 15) is 20.3 Å². The molecule has 0 saturated heterocycles. The summed E-state index contributed by atoms with van der Waals surface area (Å²) < 4.78 is 0. The van der Waals surface area contributed by atoms with Gasteiger partial charge in [-0.25, -0.2) is 0 Å². The lowest BCUT2D eigenvalue weighted by molar-refractivity contribution is -0.384. The smallest absolute Gasteiger partial charge is 0.270 e. The van der Waals surface area contributed by atoms with Gasteiger partial charge in [-0.1, -0.05) is 26.7 Å². The van der Waals surface area contributed by atoms with Gasteiger partial charge in [0.25, 0.3) is 5.69 Å². The summed E-state index contributed by atoms with van der Waals surface area (Å²) in [6, 6.07) is 3.93. The van der Waals surface area contributed by atoms with Crippen molar-refractivity contribution < 1.29 is 15.1 Å². The van der Waals surface area contributed by atoms with Gasteiger partial charge in [-0.15, -0.1) is 0 Å². The van der Waals surface area contributed by atoms with Crippen LogP contribution in [0.25, 0.3) is 0 Å². The van der Waals surface area contributed by atoms with Gasteiger partial charge in [0.05, 0.1) is 17.1 Å². The fraction of sp³-hybridized carbons (Fsp3) is 0.741. The lowest BCUT2D eigenvalue weighted by Crippen LogP contribution is -2.56. The van der Waals surface area contributed by atoms with Crippen LogP contribution in [0.15, 0.2) is 23.2 Å². The standard InChI is InChI=1S/C27H38N2O4/c1-25-12-4-3-5-19(25)6-8-21-22(25)10-13-26(2)23(21)11-14-27(26,31)17-28-16-18-15-20(29(32)33)7-9-24(18)30/h7,9,15-16,19,21-23,30-31H,3-6,8,10-14,17H2,1-2H3/t19?,21?,22?,23?,25-,26-,27?/m0/s1. The number of benzene rings is 1. The number of phenolic OH excluding ortho intramolecular Hbond substituents is 1. The summed E-state index contributed by atoms with van der Waals surface area (Å²) in [5.74, 6) is 2.90. The first kappa shape index (κ1) is 22.8. The van der Waals surface area contributed by atoms with Crippen molar-refractivity contribution in [3.63, 3.8) is 0 Å². The van der Waals surface area contributed by atoms with Crippen LogP contribution < -0.4 is 0 Å². The van der Waals surface area contributed by atoms with Gasteiger partial charge in [-0.05, 0) is 86.5 Å². The van der Waals surface area contributed by atoms with Crippen molar-refractivity contribution in [2.24, 2.45) is 39.5 Å². The first-order valence-electron chi connectivity index (χ1n) is 12.9. The zero-order valence-corrected chi connectivity index (χ0v) is 20.0. The molecule has 0 bridgehead atoms. The molecule has 0 radical (unpaired) electrons. The minimum atomic E-state index is -0.861. The molecular weight excluding hydrogens is 416 g/mol. The number of aromatic hydroxyl groups is 1. The minimum Gasteiger partial charge on any atom is -0.507 e. The van der Waals surface area contributed by atoms with E-state index in [1.165, 1.54) is 69.4 Å². The highest BCUT2D eigenvalue weighted by Crippen LogP contribution is 2.68. The van der Waals surface area contributed by atoms with E-state index in [1.54, 1.807) is 0 Å². The maximum Gasteiger partial charge on any atom is 0.270 e. The largest absolute Gasteiger partial charge is 0.507 e. The van der Waals surface area contributed by atoms with Crippen molar-refractivity contribution in [2.45, 2.75) is 83.7 Å². The molecule has 6 heteroatoms. The maximum atomic E-state index is 11.8. The molecule has 5 unspecified atom stereocenters. The number of nitro groups is 1. The summed E-state index contributed by atoms with van der Waals surface area (Å²) in [6.45, 7) is 5.14. The van der Waals surface area contributed by atoms with E-state index >= 15 is 0 Å². The molecule has 0 spiro atoms. The van der Waals surface area contributed by atoms with Crippen molar-refractivity contribution in [3.05, 3.63) is 33.9 Å². The fourth-order valence-corrected chi connectivity index (χ4v) is 8.72. The Morgan fingerprint density at radius 1 is 1.09 bits per heavy atom. The molecule has 2 N–H and O–H groups in total. The van der Waals surface area contributed by atoms with Crippen LogP contribution in [0.1, 0.15) is 83.6 Å². The number of nitro benzene ring substituents is 1. The average molecular weight is 455 g/mol. The van der Waals surface area contributed by atoms with E-state index in [-0.39, 0.29) is 23.4 Å². The third kappa shape index (κ3) is 3.51. The van der Waals surface area contributed by atoms with Crippen LogP contribution in [0.5, 0.6) is 5.75 Å². The summed E-state index contributed by atoms with van der Waals surface area (Å²) in [5, 5.41) is 33.0. The summed E-state index contributed by atoms with van der Waals surface area (Å²) in [6.07, 6.45) is 13.8. The Morgan fingerprint density at radius 2 is 1.88 bits per heavy atom. The Hall–Kier alpha value is -1.95. The molecule has 4 aliphatic rings. The number of non-ortho nitro benzene ring substituents is 1. The number of aliphatic imine (C=N–C) groups is 1. The summed E-state index contributed by atoms with van der Waals surface area (Å²) in [7, 11) is 0. The number of aliphatic hydroxyl groups is 1. The molecule has 33 heavy (non-hydrogen) atoms. The van der Waals surface area contributed by atoms with Crippen molar-refractivity contribution in [2.75, 3.05) is 6.54 Å². The SMILES string of the molecule is C[C@]12CCCCC1CCC1C2CC[C@@]2(C)C1CCC2(O)CN=Cc1cc([N+](=O)[O-])ccc1O. The summed E-state index contributed by atoms with van der Waals surface area (Å²) >= 11 is 0. The second kappa shape index (κ2) is 8.07. The number of phenols is 1. The Morgan fingerprint density at radius 3 is 2.67 bits per heavy atom. The predicted octanol–water partition coefficient (Wildman–Crippen LogP) is 5.88. The van der Waals surface area contributed by atoms with Crippen LogP contribution in [-0.4, -0.2) is 33.5 Å². The lowest BCUT2D eigenvalue weighted by Gasteiger charge is -2.61. The normalized spacial score (nSPS) is 42.5. The van der Waals surface area contributed by atoms with E-state index in [0.29, 0.717) is 22.8 Å². The van der Waals surface area contributed by atoms with Crippen LogP contribution in [0.4, 0.5) is 5.69 Å². The van der Waals surface area contributed by atoms with Gasteiger partial charge in [0, 0.05) is 29.3 Å². The Labute approximate surface area is 196 Å². The Balaban J connectivity index is 1.34. The molecule has 0 aromatic heterocycles. The third-order valence-electron chi connectivity index (χ3n) is 10.7. The van der Waals surface area contributed by atoms with Gasteiger partial charge in [0.2, 0.25) is 0 Å². The van der Waals surface area contributed by atoms with Gasteiger partial charge in [-0.2, -0.15) is 0 Å². The summed E-state index contributed by atoms with van der Waals surface area (Å²) in [5.41, 5.74) is -0.278. The van der Waals surface area contributed by atoms with Crippen LogP contribution in [0, 0.1) is 44.6 Å². The topological polar surface area (TPSA) is 96.0 Å². The monoisotopic (exact) mass is 454 g/mol. The lowest BCUT2D eigenvalue weighted by atomic mass is 9.44. The van der Waals surface area contributed by atoms with Gasteiger partial charge in [-0.3, -0.25) is 15.1 Å². The molecule has 4 saturated carbocycles. The molecule has 4 fully saturated rings. The van der Waals surface area contributed by atoms with Crippen molar-refractivity contribution >= 4 is 11.9 Å². The highest BCUT2D eigenvalue weighted by molar-refractivity contribution is 5.84. The Bertz CT molecular complexity index is 963. The van der Waals surface area contributed by atoms with Crippen LogP contribution in [0.3, 0.4) is 0 Å². The number of hydrogen-bond donors (Lipinski definition) is 2. The average Bonchev–Trinajstić information content (AvgIpc) is 3.05. The minimum absolute atomic E-state index is 0.0372. The van der Waals surface area contributed by atoms with Crippen molar-refractivity contribution in [1.29, 1.82) is 0 Å². The first-order valence-corrected chi connectivity index (χ1v) is 12.9. The second-order valence-corrected chi connectivity index (χ2v) is 11.9. The Kier molecular flexibility index (Phi) is 5.58. The van der Waals surface area contributed by atoms with Crippen LogP contribution in [-0.2, 0) is 0 Å². The fourth-order valence-electron chi connectivity index (χ4n) is 8.72. The van der Waals surface area contributed by atoms with Crippen LogP contribution >= 0.6 is 0 Å². The quantitative estimate of drug-likeness (QED) is 0.337. The molecule has 6 nitrogen and oxygen atoms in total. The van der Waals surface area contributed by atoms with Gasteiger partial charge in [0.15, 0.2) is 0 Å². The van der Waals surface area contributed by atoms with Crippen molar-refractivity contribution in [3.8, 4) is 5.75 Å². The first-order chi connectivity index (χ1) is 15.7. The highest BCUT2D eigenvalue weighted by Gasteiger charge is 2.64.